The topological polar surface area (TPSA) is 105 Å². The summed E-state index contributed by atoms with van der Waals surface area (Å²) in [4.78, 5) is 11.8. The summed E-state index contributed by atoms with van der Waals surface area (Å²) in [5, 5.41) is 29.1. The number of hydrogen-bond acceptors (Lipinski definition) is 7. The van der Waals surface area contributed by atoms with Gasteiger partial charge in [-0.15, -0.1) is 0 Å². The maximum absolute atomic E-state index is 11.8. The molecule has 1 heterocycles. The van der Waals surface area contributed by atoms with Crippen LogP contribution in [0.15, 0.2) is 30.3 Å². The van der Waals surface area contributed by atoms with Crippen molar-refractivity contribution in [3.8, 4) is 0 Å². The summed E-state index contributed by atoms with van der Waals surface area (Å²) in [6, 6.07) is 8.35. The van der Waals surface area contributed by atoms with Crippen molar-refractivity contribution >= 4 is 5.97 Å². The molecule has 0 aromatic heterocycles. The fourth-order valence-electron chi connectivity index (χ4n) is 2.06. The Morgan fingerprint density at radius 1 is 1.14 bits per heavy atom. The van der Waals surface area contributed by atoms with Crippen molar-refractivity contribution in [2.45, 2.75) is 30.7 Å². The van der Waals surface area contributed by atoms with Crippen LogP contribution in [0.5, 0.6) is 0 Å². The van der Waals surface area contributed by atoms with E-state index in [9.17, 15) is 20.1 Å². The number of ether oxygens (including phenoxy) is 3. The highest BCUT2D eigenvalue weighted by atomic mass is 16.7. The van der Waals surface area contributed by atoms with E-state index in [1.807, 2.05) is 0 Å². The van der Waals surface area contributed by atoms with Crippen molar-refractivity contribution in [1.29, 1.82) is 0 Å². The van der Waals surface area contributed by atoms with Gasteiger partial charge in [0, 0.05) is 7.11 Å². The Morgan fingerprint density at radius 2 is 1.81 bits per heavy atom. The second-order valence-electron chi connectivity index (χ2n) is 4.71. The highest BCUT2D eigenvalue weighted by molar-refractivity contribution is 5.89. The number of carbonyl (C=O) groups excluding carboxylic acids is 1. The Morgan fingerprint density at radius 3 is 2.43 bits per heavy atom. The van der Waals surface area contributed by atoms with E-state index in [1.54, 1.807) is 30.3 Å². The van der Waals surface area contributed by atoms with Gasteiger partial charge >= 0.3 is 5.97 Å². The van der Waals surface area contributed by atoms with Gasteiger partial charge in [0.15, 0.2) is 6.29 Å². The van der Waals surface area contributed by atoms with E-state index in [4.69, 9.17) is 14.2 Å². The number of carbonyl (C=O) groups is 1. The van der Waals surface area contributed by atoms with E-state index in [-0.39, 0.29) is 6.61 Å². The van der Waals surface area contributed by atoms with Crippen LogP contribution in [0, 0.1) is 0 Å². The number of benzene rings is 1. The molecule has 0 aliphatic carbocycles. The molecule has 0 radical (unpaired) electrons. The quantitative estimate of drug-likeness (QED) is 0.631. The van der Waals surface area contributed by atoms with Gasteiger partial charge < -0.3 is 29.5 Å². The molecule has 3 N–H and O–H groups in total. The van der Waals surface area contributed by atoms with Crippen molar-refractivity contribution in [3.05, 3.63) is 35.9 Å². The predicted molar refractivity (Wildman–Crippen MR) is 70.4 cm³/mol. The average molecular weight is 298 g/mol. The molecule has 2 rings (SSSR count). The molecule has 0 spiro atoms. The van der Waals surface area contributed by atoms with Gasteiger partial charge in [-0.2, -0.15) is 0 Å². The minimum Gasteiger partial charge on any atom is -0.459 e. The standard InChI is InChI=1S/C14H18O7/c1-19-14-12(17)11(16)10(15)9(21-14)7-20-13(18)8-5-3-2-4-6-8/h2-6,9-12,14-17H,7H2,1H3/t9-,10-,11+,12-,14-/m1/s1. The van der Waals surface area contributed by atoms with Crippen molar-refractivity contribution in [2.75, 3.05) is 13.7 Å². The monoisotopic (exact) mass is 298 g/mol. The van der Waals surface area contributed by atoms with Crippen LogP contribution in [-0.4, -0.2) is 65.7 Å². The Balaban J connectivity index is 1.94. The third-order valence-electron chi connectivity index (χ3n) is 3.29. The van der Waals surface area contributed by atoms with Crippen molar-refractivity contribution in [2.24, 2.45) is 0 Å². The van der Waals surface area contributed by atoms with E-state index in [0.717, 1.165) is 0 Å². The summed E-state index contributed by atoms with van der Waals surface area (Å²) in [7, 11) is 1.30. The van der Waals surface area contributed by atoms with Crippen LogP contribution in [-0.2, 0) is 14.2 Å². The van der Waals surface area contributed by atoms with Gasteiger partial charge in [0.05, 0.1) is 5.56 Å². The summed E-state index contributed by atoms with van der Waals surface area (Å²) >= 11 is 0. The first-order valence-corrected chi connectivity index (χ1v) is 6.49. The molecule has 1 aliphatic heterocycles. The molecule has 1 saturated heterocycles. The first-order valence-electron chi connectivity index (χ1n) is 6.49. The Kier molecular flexibility index (Phi) is 5.27. The fraction of sp³-hybridized carbons (Fsp3) is 0.500. The largest absolute Gasteiger partial charge is 0.459 e. The molecule has 0 saturated carbocycles. The molecule has 1 fully saturated rings. The zero-order chi connectivity index (χ0) is 15.4. The van der Waals surface area contributed by atoms with Crippen LogP contribution >= 0.6 is 0 Å². The van der Waals surface area contributed by atoms with E-state index >= 15 is 0 Å². The zero-order valence-corrected chi connectivity index (χ0v) is 11.5. The second-order valence-corrected chi connectivity index (χ2v) is 4.71. The Labute approximate surface area is 121 Å². The molecular formula is C14H18O7. The molecule has 7 nitrogen and oxygen atoms in total. The van der Waals surface area contributed by atoms with Crippen LogP contribution < -0.4 is 0 Å². The van der Waals surface area contributed by atoms with Crippen molar-refractivity contribution < 1.29 is 34.3 Å². The number of esters is 1. The third-order valence-corrected chi connectivity index (χ3v) is 3.29. The smallest absolute Gasteiger partial charge is 0.338 e. The van der Waals surface area contributed by atoms with Gasteiger partial charge in [-0.25, -0.2) is 4.79 Å². The zero-order valence-electron chi connectivity index (χ0n) is 11.5. The molecule has 1 aromatic carbocycles. The van der Waals surface area contributed by atoms with Crippen LogP contribution in [0.25, 0.3) is 0 Å². The summed E-state index contributed by atoms with van der Waals surface area (Å²) in [5.74, 6) is -0.569. The molecule has 116 valence electrons. The Bertz CT molecular complexity index is 462. The van der Waals surface area contributed by atoms with Crippen LogP contribution in [0.1, 0.15) is 10.4 Å². The molecule has 0 unspecified atom stereocenters. The summed E-state index contributed by atoms with van der Waals surface area (Å²) in [6.45, 7) is -0.265. The predicted octanol–water partition coefficient (Wildman–Crippen LogP) is -0.703. The number of aliphatic hydroxyl groups excluding tert-OH is 3. The molecular weight excluding hydrogens is 280 g/mol. The molecule has 0 amide bonds. The van der Waals surface area contributed by atoms with Crippen LogP contribution in [0.2, 0.25) is 0 Å². The van der Waals surface area contributed by atoms with Gasteiger partial charge in [0.25, 0.3) is 0 Å². The van der Waals surface area contributed by atoms with Gasteiger partial charge in [0.2, 0.25) is 0 Å². The molecule has 1 aliphatic rings. The molecule has 1 aromatic rings. The lowest BCUT2D eigenvalue weighted by Gasteiger charge is -2.39. The lowest BCUT2D eigenvalue weighted by Crippen LogP contribution is -2.59. The maximum atomic E-state index is 11.8. The van der Waals surface area contributed by atoms with E-state index in [1.165, 1.54) is 7.11 Å². The highest BCUT2D eigenvalue weighted by Crippen LogP contribution is 2.22. The van der Waals surface area contributed by atoms with Gasteiger partial charge in [-0.1, -0.05) is 18.2 Å². The summed E-state index contributed by atoms with van der Waals surface area (Å²) in [5.41, 5.74) is 0.367. The molecule has 5 atom stereocenters. The first-order chi connectivity index (χ1) is 10.0. The normalized spacial score (nSPS) is 32.7. The fourth-order valence-corrected chi connectivity index (χ4v) is 2.06. The van der Waals surface area contributed by atoms with Crippen LogP contribution in [0.3, 0.4) is 0 Å². The number of aliphatic hydroxyl groups is 3. The second kappa shape index (κ2) is 6.97. The van der Waals surface area contributed by atoms with E-state index < -0.39 is 36.7 Å². The molecule has 0 bridgehead atoms. The number of hydrogen-bond donors (Lipinski definition) is 3. The number of rotatable bonds is 4. The summed E-state index contributed by atoms with van der Waals surface area (Å²) < 4.78 is 15.2. The van der Waals surface area contributed by atoms with Crippen LogP contribution in [0.4, 0.5) is 0 Å². The van der Waals surface area contributed by atoms with E-state index in [0.29, 0.717) is 5.56 Å². The average Bonchev–Trinajstić information content (AvgIpc) is 2.52. The third kappa shape index (κ3) is 3.58. The lowest BCUT2D eigenvalue weighted by molar-refractivity contribution is -0.294. The molecule has 21 heavy (non-hydrogen) atoms. The minimum absolute atomic E-state index is 0.265. The van der Waals surface area contributed by atoms with Gasteiger partial charge in [-0.3, -0.25) is 0 Å². The molecule has 7 heteroatoms. The maximum Gasteiger partial charge on any atom is 0.338 e. The van der Waals surface area contributed by atoms with Crippen molar-refractivity contribution in [3.63, 3.8) is 0 Å². The van der Waals surface area contributed by atoms with Crippen molar-refractivity contribution in [1.82, 2.24) is 0 Å². The van der Waals surface area contributed by atoms with Gasteiger partial charge in [0.1, 0.15) is 31.0 Å². The van der Waals surface area contributed by atoms with E-state index in [2.05, 4.69) is 0 Å². The minimum atomic E-state index is -1.44. The lowest BCUT2D eigenvalue weighted by atomic mass is 9.99. The first kappa shape index (κ1) is 15.9. The van der Waals surface area contributed by atoms with Gasteiger partial charge in [-0.05, 0) is 12.1 Å². The highest BCUT2D eigenvalue weighted by Gasteiger charge is 2.44. The Hall–Kier alpha value is -1.51. The SMILES string of the molecule is CO[C@@H]1O[C@H](COC(=O)c2ccccc2)[C@@H](O)[C@H](O)[C@H]1O. The number of methoxy groups -OCH3 is 1. The summed E-state index contributed by atoms with van der Waals surface area (Å²) in [6.07, 6.45) is -6.27.